The zero-order valence-corrected chi connectivity index (χ0v) is 19.7. The van der Waals surface area contributed by atoms with Crippen molar-refractivity contribution in [1.29, 1.82) is 0 Å². The number of carbonyl (C=O) groups is 1. The molecule has 0 fully saturated rings. The molecule has 35 heavy (non-hydrogen) atoms. The Hall–Kier alpha value is -4.08. The van der Waals surface area contributed by atoms with E-state index in [1.807, 2.05) is 31.2 Å². The van der Waals surface area contributed by atoms with Gasteiger partial charge >= 0.3 is 0 Å². The molecule has 0 heterocycles. The van der Waals surface area contributed by atoms with Gasteiger partial charge in [-0.15, -0.1) is 5.11 Å². The first-order valence-electron chi connectivity index (χ1n) is 10.8. The van der Waals surface area contributed by atoms with Gasteiger partial charge in [-0.05, 0) is 36.8 Å². The van der Waals surface area contributed by atoms with Gasteiger partial charge in [0.1, 0.15) is 10.6 Å². The smallest absolute Gasteiger partial charge is 0.295 e. The van der Waals surface area contributed by atoms with Crippen LogP contribution in [0.5, 0.6) is 5.75 Å². The molecule has 0 atom stereocenters. The first-order chi connectivity index (χ1) is 16.7. The predicted octanol–water partition coefficient (Wildman–Crippen LogP) is 6.20. The number of aryl methyl sites for hydroxylation is 1. The van der Waals surface area contributed by atoms with E-state index in [0.717, 1.165) is 17.3 Å². The summed E-state index contributed by atoms with van der Waals surface area (Å²) in [5.41, 5.74) is 2.69. The van der Waals surface area contributed by atoms with Crippen molar-refractivity contribution in [3.05, 3.63) is 90.0 Å². The van der Waals surface area contributed by atoms with Gasteiger partial charge < -0.3 is 10.4 Å². The second-order valence-corrected chi connectivity index (χ2v) is 9.32. The van der Waals surface area contributed by atoms with Gasteiger partial charge in [-0.25, -0.2) is 0 Å². The fraction of sp³-hybridized carbons (Fsp3) is 0.115. The number of rotatable bonds is 8. The minimum absolute atomic E-state index is 0.0553. The molecule has 4 aromatic rings. The lowest BCUT2D eigenvalue weighted by atomic mass is 10.1. The molecule has 0 bridgehead atoms. The summed E-state index contributed by atoms with van der Waals surface area (Å²) in [6.45, 7) is 2.30. The number of benzene rings is 4. The molecule has 0 spiro atoms. The quantitative estimate of drug-likeness (QED) is 0.154. The molecule has 0 unspecified atom stereocenters. The Morgan fingerprint density at radius 3 is 2.23 bits per heavy atom. The van der Waals surface area contributed by atoms with E-state index in [-0.39, 0.29) is 32.9 Å². The summed E-state index contributed by atoms with van der Waals surface area (Å²) < 4.78 is 33.3. The molecule has 0 aliphatic carbocycles. The second-order valence-electron chi connectivity index (χ2n) is 7.93. The van der Waals surface area contributed by atoms with Crippen LogP contribution < -0.4 is 5.32 Å². The number of aromatic hydroxyl groups is 1. The number of phenols is 1. The number of nitrogens with one attached hydrogen (secondary N) is 1. The topological polar surface area (TPSA) is 128 Å². The average Bonchev–Trinajstić information content (AvgIpc) is 2.84. The Balaban J connectivity index is 1.51. The lowest BCUT2D eigenvalue weighted by Crippen LogP contribution is -2.08. The van der Waals surface area contributed by atoms with E-state index in [9.17, 15) is 22.9 Å². The number of Topliss-reactive ketones (excluding diaryl/α,β-unsaturated/α-hetero) is 1. The molecule has 0 radical (unpaired) electrons. The standard InChI is InChI=1S/C26H23N3O5S/c1-17-15-19(27-14-13-24(30)18-7-3-2-4-8-18)11-12-22(17)28-29-23-16-25(35(32,33)34)20-9-5-6-10-21(20)26(23)31/h2-12,15-16,27,31H,13-14H2,1H3,(H,32,33,34). The summed E-state index contributed by atoms with van der Waals surface area (Å²) in [6, 6.07) is 21.8. The molecule has 4 aromatic carbocycles. The molecule has 0 aromatic heterocycles. The molecule has 8 nitrogen and oxygen atoms in total. The van der Waals surface area contributed by atoms with Gasteiger partial charge in [-0.2, -0.15) is 13.5 Å². The minimum Gasteiger partial charge on any atom is -0.505 e. The van der Waals surface area contributed by atoms with Gasteiger partial charge in [-0.3, -0.25) is 9.35 Å². The third-order valence-corrected chi connectivity index (χ3v) is 6.37. The minimum atomic E-state index is -4.54. The van der Waals surface area contributed by atoms with Gasteiger partial charge in [0.25, 0.3) is 10.1 Å². The Morgan fingerprint density at radius 1 is 0.886 bits per heavy atom. The van der Waals surface area contributed by atoms with Crippen molar-refractivity contribution in [2.75, 3.05) is 11.9 Å². The van der Waals surface area contributed by atoms with Crippen LogP contribution >= 0.6 is 0 Å². The molecule has 0 aliphatic heterocycles. The van der Waals surface area contributed by atoms with Crippen LogP contribution in [0.15, 0.2) is 94.0 Å². The van der Waals surface area contributed by atoms with E-state index in [0.29, 0.717) is 24.2 Å². The van der Waals surface area contributed by atoms with Crippen LogP contribution in [0.25, 0.3) is 10.8 Å². The summed E-state index contributed by atoms with van der Waals surface area (Å²) in [5, 5.41) is 22.4. The molecule has 3 N–H and O–H groups in total. The third kappa shape index (κ3) is 5.53. The van der Waals surface area contributed by atoms with Crippen LogP contribution in [0.4, 0.5) is 17.1 Å². The van der Waals surface area contributed by atoms with Gasteiger partial charge in [0.15, 0.2) is 11.5 Å². The summed E-state index contributed by atoms with van der Waals surface area (Å²) in [5.74, 6) is -0.185. The highest BCUT2D eigenvalue weighted by Gasteiger charge is 2.19. The molecule has 0 aliphatic rings. The molecule has 4 rings (SSSR count). The van der Waals surface area contributed by atoms with E-state index in [4.69, 9.17) is 0 Å². The molecule has 178 valence electrons. The normalized spacial score (nSPS) is 11.7. The maximum atomic E-state index is 12.2. The maximum Gasteiger partial charge on any atom is 0.295 e. The Kier molecular flexibility index (Phi) is 6.90. The summed E-state index contributed by atoms with van der Waals surface area (Å²) in [7, 11) is -4.54. The van der Waals surface area contributed by atoms with Crippen molar-refractivity contribution in [1.82, 2.24) is 0 Å². The first-order valence-corrected chi connectivity index (χ1v) is 12.2. The van der Waals surface area contributed by atoms with Crippen LogP contribution in [0, 0.1) is 6.92 Å². The highest BCUT2D eigenvalue weighted by atomic mass is 32.2. The summed E-state index contributed by atoms with van der Waals surface area (Å²) in [6.07, 6.45) is 0.349. The van der Waals surface area contributed by atoms with E-state index in [2.05, 4.69) is 15.5 Å². The number of hydrogen-bond donors (Lipinski definition) is 3. The fourth-order valence-electron chi connectivity index (χ4n) is 3.68. The van der Waals surface area contributed by atoms with Crippen molar-refractivity contribution in [2.24, 2.45) is 10.2 Å². The number of azo groups is 1. The van der Waals surface area contributed by atoms with Crippen molar-refractivity contribution in [3.63, 3.8) is 0 Å². The number of fused-ring (bicyclic) bond motifs is 1. The second kappa shape index (κ2) is 10.0. The van der Waals surface area contributed by atoms with Gasteiger partial charge in [0.05, 0.1) is 5.69 Å². The fourth-order valence-corrected chi connectivity index (χ4v) is 4.39. The lowest BCUT2D eigenvalue weighted by Gasteiger charge is -2.09. The van der Waals surface area contributed by atoms with Crippen molar-refractivity contribution in [3.8, 4) is 5.75 Å². The van der Waals surface area contributed by atoms with E-state index in [1.54, 1.807) is 36.4 Å². The van der Waals surface area contributed by atoms with Crippen LogP contribution in [-0.4, -0.2) is 30.4 Å². The molecular weight excluding hydrogens is 466 g/mol. The Bertz CT molecular complexity index is 1530. The van der Waals surface area contributed by atoms with Gasteiger partial charge in [-0.1, -0.05) is 54.6 Å². The number of anilines is 1. The average molecular weight is 490 g/mol. The highest BCUT2D eigenvalue weighted by molar-refractivity contribution is 7.86. The number of carbonyl (C=O) groups excluding carboxylic acids is 1. The van der Waals surface area contributed by atoms with Gasteiger partial charge in [0.2, 0.25) is 0 Å². The van der Waals surface area contributed by atoms with Crippen LogP contribution in [0.2, 0.25) is 0 Å². The van der Waals surface area contributed by atoms with Crippen LogP contribution in [0.3, 0.4) is 0 Å². The molecule has 9 heteroatoms. The van der Waals surface area contributed by atoms with Gasteiger partial charge in [0, 0.05) is 35.0 Å². The Labute approximate surface area is 202 Å². The molecular formula is C26H23N3O5S. The van der Waals surface area contributed by atoms with E-state index >= 15 is 0 Å². The SMILES string of the molecule is Cc1cc(NCCC(=O)c2ccccc2)ccc1N=Nc1cc(S(=O)(=O)O)c2ccccc2c1O. The van der Waals surface area contributed by atoms with Crippen LogP contribution in [0.1, 0.15) is 22.3 Å². The number of hydrogen-bond acceptors (Lipinski definition) is 7. The number of nitrogens with zero attached hydrogens (tertiary/aromatic N) is 2. The van der Waals surface area contributed by atoms with Crippen molar-refractivity contribution < 1.29 is 22.9 Å². The first kappa shape index (κ1) is 24.1. The maximum absolute atomic E-state index is 12.2. The van der Waals surface area contributed by atoms with E-state index < -0.39 is 10.1 Å². The number of phenolic OH excluding ortho intramolecular Hbond substituents is 1. The monoisotopic (exact) mass is 489 g/mol. The molecule has 0 saturated heterocycles. The predicted molar refractivity (Wildman–Crippen MR) is 135 cm³/mol. The van der Waals surface area contributed by atoms with Crippen molar-refractivity contribution in [2.45, 2.75) is 18.2 Å². The summed E-state index contributed by atoms with van der Waals surface area (Å²) >= 11 is 0. The molecule has 0 saturated carbocycles. The number of ketones is 1. The van der Waals surface area contributed by atoms with Crippen molar-refractivity contribution >= 4 is 43.7 Å². The largest absolute Gasteiger partial charge is 0.505 e. The third-order valence-electron chi connectivity index (χ3n) is 5.48. The van der Waals surface area contributed by atoms with E-state index in [1.165, 1.54) is 12.1 Å². The molecule has 0 amide bonds. The highest BCUT2D eigenvalue weighted by Crippen LogP contribution is 2.39. The zero-order chi connectivity index (χ0) is 25.0. The van der Waals surface area contributed by atoms with Crippen LogP contribution in [-0.2, 0) is 10.1 Å². The summed E-state index contributed by atoms with van der Waals surface area (Å²) in [4.78, 5) is 11.9. The zero-order valence-electron chi connectivity index (χ0n) is 18.8. The Morgan fingerprint density at radius 2 is 1.54 bits per heavy atom. The lowest BCUT2D eigenvalue weighted by molar-refractivity contribution is 0.0986.